The second-order valence-electron chi connectivity index (χ2n) is 3.22. The molecule has 0 atom stereocenters. The van der Waals surface area contributed by atoms with Gasteiger partial charge in [-0.25, -0.2) is 4.79 Å². The Morgan fingerprint density at radius 1 is 1.41 bits per heavy atom. The van der Waals surface area contributed by atoms with Gasteiger partial charge in [-0.05, 0) is 18.2 Å². The van der Waals surface area contributed by atoms with Crippen molar-refractivity contribution in [2.75, 3.05) is 0 Å². The van der Waals surface area contributed by atoms with Crippen molar-refractivity contribution in [1.29, 1.82) is 0 Å². The van der Waals surface area contributed by atoms with Gasteiger partial charge in [-0.1, -0.05) is 6.58 Å². The highest BCUT2D eigenvalue weighted by molar-refractivity contribution is 5.90. The maximum Gasteiger partial charge on any atom is 0.345 e. The van der Waals surface area contributed by atoms with Crippen molar-refractivity contribution in [2.45, 2.75) is 0 Å². The predicted molar refractivity (Wildman–Crippen MR) is 57.6 cm³/mol. The summed E-state index contributed by atoms with van der Waals surface area (Å²) in [4.78, 5) is 21.9. The number of carboxylic acids is 1. The van der Waals surface area contributed by atoms with E-state index in [1.807, 2.05) is 0 Å². The van der Waals surface area contributed by atoms with E-state index in [1.54, 1.807) is 12.1 Å². The summed E-state index contributed by atoms with van der Waals surface area (Å²) in [6.45, 7) is 3.39. The molecule has 1 aromatic heterocycles. The van der Waals surface area contributed by atoms with Crippen molar-refractivity contribution in [3.63, 3.8) is 0 Å². The molecule has 0 fully saturated rings. The maximum atomic E-state index is 11.3. The minimum atomic E-state index is -1.56. The van der Waals surface area contributed by atoms with Crippen molar-refractivity contribution in [3.8, 4) is 5.75 Å². The third-order valence-corrected chi connectivity index (χ3v) is 2.15. The SMILES string of the molecule is C=COc1ccc2cc(C(=O)[O-])c(=O)oc2c1. The van der Waals surface area contributed by atoms with E-state index in [4.69, 9.17) is 9.15 Å². The van der Waals surface area contributed by atoms with Crippen LogP contribution in [0.25, 0.3) is 11.0 Å². The predicted octanol–water partition coefficient (Wildman–Crippen LogP) is 0.679. The summed E-state index contributed by atoms with van der Waals surface area (Å²) in [6, 6.07) is 5.85. The van der Waals surface area contributed by atoms with Crippen molar-refractivity contribution in [1.82, 2.24) is 0 Å². The molecule has 86 valence electrons. The van der Waals surface area contributed by atoms with Crippen LogP contribution in [0.15, 0.2) is 46.3 Å². The fourth-order valence-corrected chi connectivity index (χ4v) is 1.40. The van der Waals surface area contributed by atoms with E-state index in [0.29, 0.717) is 11.1 Å². The third kappa shape index (κ3) is 2.03. The molecular formula is C12H7O5-. The van der Waals surface area contributed by atoms with E-state index in [1.165, 1.54) is 18.4 Å². The van der Waals surface area contributed by atoms with Crippen molar-refractivity contribution in [2.24, 2.45) is 0 Å². The first-order chi connectivity index (χ1) is 8.11. The number of hydrogen-bond donors (Lipinski definition) is 0. The van der Waals surface area contributed by atoms with E-state index in [0.717, 1.165) is 0 Å². The van der Waals surface area contributed by atoms with E-state index in [9.17, 15) is 14.7 Å². The number of benzene rings is 1. The van der Waals surface area contributed by atoms with Crippen molar-refractivity contribution >= 4 is 16.9 Å². The summed E-state index contributed by atoms with van der Waals surface area (Å²) < 4.78 is 9.86. The van der Waals surface area contributed by atoms with Crippen LogP contribution in [0, 0.1) is 0 Å². The van der Waals surface area contributed by atoms with Gasteiger partial charge in [0, 0.05) is 11.5 Å². The van der Waals surface area contributed by atoms with Crippen LogP contribution in [-0.2, 0) is 0 Å². The van der Waals surface area contributed by atoms with E-state index in [-0.39, 0.29) is 5.58 Å². The molecule has 0 amide bonds. The summed E-state index contributed by atoms with van der Waals surface area (Å²) in [7, 11) is 0. The monoisotopic (exact) mass is 231 g/mol. The molecule has 0 aliphatic rings. The fraction of sp³-hybridized carbons (Fsp3) is 0. The van der Waals surface area contributed by atoms with Gasteiger partial charge < -0.3 is 19.1 Å². The normalized spacial score (nSPS) is 10.1. The number of fused-ring (bicyclic) bond motifs is 1. The lowest BCUT2D eigenvalue weighted by Gasteiger charge is -2.04. The third-order valence-electron chi connectivity index (χ3n) is 2.15. The molecule has 0 radical (unpaired) electrons. The van der Waals surface area contributed by atoms with Crippen LogP contribution in [0.1, 0.15) is 10.4 Å². The Balaban J connectivity index is 2.66. The van der Waals surface area contributed by atoms with E-state index in [2.05, 4.69) is 6.58 Å². The lowest BCUT2D eigenvalue weighted by molar-refractivity contribution is -0.255. The topological polar surface area (TPSA) is 79.6 Å². The van der Waals surface area contributed by atoms with Gasteiger partial charge in [0.15, 0.2) is 0 Å². The molecule has 0 saturated heterocycles. The van der Waals surface area contributed by atoms with Gasteiger partial charge in [-0.15, -0.1) is 0 Å². The highest BCUT2D eigenvalue weighted by Gasteiger charge is 2.06. The summed E-state index contributed by atoms with van der Waals surface area (Å²) in [5.41, 5.74) is -1.22. The zero-order valence-corrected chi connectivity index (χ0v) is 8.64. The largest absolute Gasteiger partial charge is 0.545 e. The Morgan fingerprint density at radius 3 is 2.82 bits per heavy atom. The molecule has 0 spiro atoms. The van der Waals surface area contributed by atoms with Gasteiger partial charge in [0.2, 0.25) is 0 Å². The molecular weight excluding hydrogens is 224 g/mol. The van der Waals surface area contributed by atoms with Crippen LogP contribution in [0.3, 0.4) is 0 Å². The molecule has 0 N–H and O–H groups in total. The molecule has 5 heteroatoms. The number of carbonyl (C=O) groups excluding carboxylic acids is 1. The summed E-state index contributed by atoms with van der Waals surface area (Å²) in [6.07, 6.45) is 1.23. The van der Waals surface area contributed by atoms with E-state index >= 15 is 0 Å². The van der Waals surface area contributed by atoms with Gasteiger partial charge in [-0.3, -0.25) is 0 Å². The van der Waals surface area contributed by atoms with Crippen molar-refractivity contribution < 1.29 is 19.1 Å². The Bertz CT molecular complexity index is 653. The smallest absolute Gasteiger partial charge is 0.345 e. The van der Waals surface area contributed by atoms with Crippen LogP contribution in [0.2, 0.25) is 0 Å². The molecule has 1 heterocycles. The number of hydrogen-bond acceptors (Lipinski definition) is 5. The van der Waals surface area contributed by atoms with Gasteiger partial charge in [0.25, 0.3) is 0 Å². The fourth-order valence-electron chi connectivity index (χ4n) is 1.40. The number of rotatable bonds is 3. The van der Waals surface area contributed by atoms with Crippen LogP contribution in [-0.4, -0.2) is 5.97 Å². The standard InChI is InChI=1S/C12H8O5/c1-2-16-8-4-3-7-5-9(11(13)14)12(15)17-10(7)6-8/h2-6H,1H2,(H,13,14)/p-1. The van der Waals surface area contributed by atoms with Gasteiger partial charge in [0.05, 0.1) is 17.8 Å². The Labute approximate surface area is 95.6 Å². The summed E-state index contributed by atoms with van der Waals surface area (Å²) in [5.74, 6) is -1.12. The Kier molecular flexibility index (Phi) is 2.66. The Hall–Kier alpha value is -2.56. The van der Waals surface area contributed by atoms with Gasteiger partial charge >= 0.3 is 5.63 Å². The first kappa shape index (κ1) is 10.9. The molecule has 0 aliphatic carbocycles. The highest BCUT2D eigenvalue weighted by Crippen LogP contribution is 2.20. The zero-order chi connectivity index (χ0) is 12.4. The van der Waals surface area contributed by atoms with Crippen molar-refractivity contribution in [3.05, 3.63) is 53.1 Å². The molecule has 2 aromatic rings. The van der Waals surface area contributed by atoms with Crippen LogP contribution in [0.5, 0.6) is 5.75 Å². The molecule has 1 aromatic carbocycles. The number of aromatic carboxylic acids is 1. The lowest BCUT2D eigenvalue weighted by Crippen LogP contribution is -2.28. The lowest BCUT2D eigenvalue weighted by atomic mass is 10.2. The summed E-state index contributed by atoms with van der Waals surface area (Å²) in [5, 5.41) is 11.1. The Morgan fingerprint density at radius 2 is 2.18 bits per heavy atom. The van der Waals surface area contributed by atoms with Crippen LogP contribution >= 0.6 is 0 Å². The number of carbonyl (C=O) groups is 1. The van der Waals surface area contributed by atoms with Gasteiger partial charge in [0.1, 0.15) is 11.3 Å². The zero-order valence-electron chi connectivity index (χ0n) is 8.64. The summed E-state index contributed by atoms with van der Waals surface area (Å²) >= 11 is 0. The van der Waals surface area contributed by atoms with Crippen LogP contribution < -0.4 is 15.5 Å². The molecule has 17 heavy (non-hydrogen) atoms. The highest BCUT2D eigenvalue weighted by atomic mass is 16.5. The number of ether oxygens (including phenoxy) is 1. The maximum absolute atomic E-state index is 11.3. The average Bonchev–Trinajstić information content (AvgIpc) is 2.28. The van der Waals surface area contributed by atoms with Crippen LogP contribution in [0.4, 0.5) is 0 Å². The molecule has 5 nitrogen and oxygen atoms in total. The first-order valence-corrected chi connectivity index (χ1v) is 4.68. The molecule has 0 bridgehead atoms. The molecule has 0 aliphatic heterocycles. The molecule has 0 saturated carbocycles. The minimum Gasteiger partial charge on any atom is -0.545 e. The molecule has 0 unspecified atom stereocenters. The number of carboxylic acid groups (broad SMARTS) is 1. The van der Waals surface area contributed by atoms with Gasteiger partial charge in [-0.2, -0.15) is 0 Å². The van der Waals surface area contributed by atoms with E-state index < -0.39 is 17.2 Å². The average molecular weight is 231 g/mol. The second-order valence-corrected chi connectivity index (χ2v) is 3.22. The molecule has 2 rings (SSSR count). The second kappa shape index (κ2) is 4.13. The quantitative estimate of drug-likeness (QED) is 0.573. The minimum absolute atomic E-state index is 0.236. The first-order valence-electron chi connectivity index (χ1n) is 4.68.